The molecule has 14 aromatic carbocycles. The number of para-hydroxylation sites is 2. The van der Waals surface area contributed by atoms with E-state index < -0.39 is 0 Å². The van der Waals surface area contributed by atoms with Gasteiger partial charge < -0.3 is 9.80 Å². The molecule has 84 heavy (non-hydrogen) atoms. The van der Waals surface area contributed by atoms with E-state index >= 15 is 0 Å². The highest BCUT2D eigenvalue weighted by Gasteiger charge is 2.27. The SMILES string of the molecule is Cc1cc(-c2ccc(N(c3c(C)cccc3-c3ccc4sc5ccccc5c4c3)c3cc4ccccc4c4ccccc34)c(C)c2)ccc1N(c1c(C)cccc1-c1ccc2sc3ccccc3c2c1)c1cc2ccccc2c2ccccc12. The Kier molecular flexibility index (Phi) is 11.9. The fourth-order valence-corrected chi connectivity index (χ4v) is 15.7. The quantitative estimate of drug-likeness (QED) is 0.133. The lowest BCUT2D eigenvalue weighted by molar-refractivity contribution is 1.23. The molecule has 0 radical (unpaired) electrons. The topological polar surface area (TPSA) is 6.48 Å². The van der Waals surface area contributed by atoms with Crippen molar-refractivity contribution >= 4 is 140 Å². The van der Waals surface area contributed by atoms with Gasteiger partial charge in [0.25, 0.3) is 0 Å². The van der Waals surface area contributed by atoms with Crippen LogP contribution in [0.25, 0.3) is 117 Å². The minimum atomic E-state index is 1.14. The zero-order valence-electron chi connectivity index (χ0n) is 47.1. The van der Waals surface area contributed by atoms with E-state index in [9.17, 15) is 0 Å². The maximum Gasteiger partial charge on any atom is 0.0569 e. The Morgan fingerprint density at radius 2 is 0.583 bits per heavy atom. The Morgan fingerprint density at radius 3 is 1.01 bits per heavy atom. The van der Waals surface area contributed by atoms with Crippen molar-refractivity contribution in [1.29, 1.82) is 0 Å². The van der Waals surface area contributed by atoms with Crippen LogP contribution >= 0.6 is 22.7 Å². The van der Waals surface area contributed by atoms with Gasteiger partial charge in [0.15, 0.2) is 0 Å². The lowest BCUT2D eigenvalue weighted by atomic mass is 9.93. The smallest absolute Gasteiger partial charge is 0.0569 e. The van der Waals surface area contributed by atoms with Gasteiger partial charge in [-0.2, -0.15) is 0 Å². The van der Waals surface area contributed by atoms with Crippen molar-refractivity contribution < 1.29 is 0 Å². The molecule has 4 heteroatoms. The third kappa shape index (κ3) is 8.12. The third-order valence-electron chi connectivity index (χ3n) is 17.5. The predicted octanol–water partition coefficient (Wildman–Crippen LogP) is 24.2. The van der Waals surface area contributed by atoms with E-state index in [0.717, 1.165) is 22.7 Å². The Bertz CT molecular complexity index is 5020. The number of nitrogens with zero attached hydrogens (tertiary/aromatic N) is 2. The first-order valence-electron chi connectivity index (χ1n) is 29.0. The third-order valence-corrected chi connectivity index (χ3v) is 19.8. The summed E-state index contributed by atoms with van der Waals surface area (Å²) in [4.78, 5) is 5.12. The van der Waals surface area contributed by atoms with Crippen molar-refractivity contribution in [3.05, 3.63) is 289 Å². The second kappa shape index (κ2) is 20.0. The molecule has 16 aromatic rings. The highest BCUT2D eigenvalue weighted by atomic mass is 32.1. The summed E-state index contributed by atoms with van der Waals surface area (Å²) in [7, 11) is 0. The average molecular weight is 1110 g/mol. The Morgan fingerprint density at radius 1 is 0.226 bits per heavy atom. The molecule has 0 aliphatic rings. The molecule has 0 atom stereocenters. The van der Waals surface area contributed by atoms with Crippen LogP contribution in [0.4, 0.5) is 34.1 Å². The maximum absolute atomic E-state index is 2.56. The van der Waals surface area contributed by atoms with Crippen LogP contribution in [0.1, 0.15) is 22.3 Å². The summed E-state index contributed by atoms with van der Waals surface area (Å²) in [5.41, 5.74) is 18.8. The molecule has 0 bridgehead atoms. The first kappa shape index (κ1) is 49.9. The zero-order chi connectivity index (χ0) is 56.2. The van der Waals surface area contributed by atoms with Crippen molar-refractivity contribution in [1.82, 2.24) is 0 Å². The summed E-state index contributed by atoms with van der Waals surface area (Å²) in [5, 5.41) is 15.0. The number of aryl methyl sites for hydroxylation is 4. The van der Waals surface area contributed by atoms with Gasteiger partial charge in [-0.1, -0.05) is 194 Å². The highest BCUT2D eigenvalue weighted by Crippen LogP contribution is 2.52. The van der Waals surface area contributed by atoms with E-state index in [2.05, 4.69) is 304 Å². The Balaban J connectivity index is 0.870. The van der Waals surface area contributed by atoms with Crippen LogP contribution in [0, 0.1) is 27.7 Å². The van der Waals surface area contributed by atoms with Crippen LogP contribution in [0.5, 0.6) is 0 Å². The molecule has 16 rings (SSSR count). The van der Waals surface area contributed by atoms with Crippen molar-refractivity contribution in [2.24, 2.45) is 0 Å². The van der Waals surface area contributed by atoms with Crippen LogP contribution in [-0.2, 0) is 0 Å². The molecule has 0 N–H and O–H groups in total. The molecule has 0 aliphatic carbocycles. The molecule has 2 heterocycles. The molecular weight excluding hydrogens is 1050 g/mol. The van der Waals surface area contributed by atoms with Crippen molar-refractivity contribution in [3.63, 3.8) is 0 Å². The molecule has 0 fully saturated rings. The molecular formula is C80H56N2S2. The minimum Gasteiger partial charge on any atom is -0.309 e. The fraction of sp³-hybridized carbons (Fsp3) is 0.0500. The molecule has 0 amide bonds. The van der Waals surface area contributed by atoms with Gasteiger partial charge in [-0.25, -0.2) is 0 Å². The lowest BCUT2D eigenvalue weighted by Crippen LogP contribution is -2.15. The minimum absolute atomic E-state index is 1.14. The van der Waals surface area contributed by atoms with E-state index in [1.54, 1.807) is 0 Å². The second-order valence-corrected chi connectivity index (χ2v) is 24.7. The molecule has 2 aromatic heterocycles. The van der Waals surface area contributed by atoms with Crippen LogP contribution in [-0.4, -0.2) is 0 Å². The van der Waals surface area contributed by atoms with Gasteiger partial charge in [0.2, 0.25) is 0 Å². The van der Waals surface area contributed by atoms with Crippen molar-refractivity contribution in [3.8, 4) is 33.4 Å². The van der Waals surface area contributed by atoms with Crippen LogP contribution in [0.2, 0.25) is 0 Å². The lowest BCUT2D eigenvalue weighted by Gasteiger charge is -2.33. The summed E-state index contributed by atoms with van der Waals surface area (Å²) in [5.74, 6) is 0. The number of benzene rings is 14. The van der Waals surface area contributed by atoms with E-state index in [1.807, 2.05) is 22.7 Å². The predicted molar refractivity (Wildman–Crippen MR) is 367 cm³/mol. The van der Waals surface area contributed by atoms with E-state index in [0.29, 0.717) is 0 Å². The van der Waals surface area contributed by atoms with E-state index in [1.165, 1.54) is 150 Å². The van der Waals surface area contributed by atoms with Gasteiger partial charge in [0.1, 0.15) is 0 Å². The number of rotatable bonds is 9. The number of anilines is 6. The first-order chi connectivity index (χ1) is 41.3. The normalized spacial score (nSPS) is 11.8. The van der Waals surface area contributed by atoms with Gasteiger partial charge in [-0.3, -0.25) is 0 Å². The van der Waals surface area contributed by atoms with Crippen molar-refractivity contribution in [2.75, 3.05) is 9.80 Å². The van der Waals surface area contributed by atoms with Gasteiger partial charge >= 0.3 is 0 Å². The second-order valence-electron chi connectivity index (χ2n) is 22.6. The van der Waals surface area contributed by atoms with E-state index in [4.69, 9.17) is 0 Å². The Hall–Kier alpha value is -9.84. The molecule has 0 saturated heterocycles. The summed E-state index contributed by atoms with van der Waals surface area (Å²) in [6.07, 6.45) is 0. The maximum atomic E-state index is 2.56. The number of hydrogen-bond acceptors (Lipinski definition) is 4. The highest BCUT2D eigenvalue weighted by molar-refractivity contribution is 7.26. The summed E-state index contributed by atoms with van der Waals surface area (Å²) < 4.78 is 5.23. The van der Waals surface area contributed by atoms with Crippen LogP contribution < -0.4 is 9.80 Å². The van der Waals surface area contributed by atoms with Crippen LogP contribution in [0.15, 0.2) is 267 Å². The first-order valence-corrected chi connectivity index (χ1v) is 30.6. The molecule has 398 valence electrons. The number of hydrogen-bond donors (Lipinski definition) is 0. The van der Waals surface area contributed by atoms with Gasteiger partial charge in [-0.05, 0) is 177 Å². The molecule has 2 nitrogen and oxygen atoms in total. The van der Waals surface area contributed by atoms with E-state index in [-0.39, 0.29) is 0 Å². The number of thiophene rings is 2. The Labute approximate surface area is 497 Å². The largest absolute Gasteiger partial charge is 0.309 e. The fourth-order valence-electron chi connectivity index (χ4n) is 13.5. The zero-order valence-corrected chi connectivity index (χ0v) is 48.7. The number of fused-ring (bicyclic) bond motifs is 12. The van der Waals surface area contributed by atoms with Crippen molar-refractivity contribution in [2.45, 2.75) is 27.7 Å². The van der Waals surface area contributed by atoms with Gasteiger partial charge in [-0.15, -0.1) is 22.7 Å². The summed E-state index contributed by atoms with van der Waals surface area (Å²) >= 11 is 3.73. The average Bonchev–Trinajstić information content (AvgIpc) is 3.90. The monoisotopic (exact) mass is 1110 g/mol. The summed E-state index contributed by atoms with van der Waals surface area (Å²) in [6.45, 7) is 9.13. The molecule has 0 spiro atoms. The van der Waals surface area contributed by atoms with Gasteiger partial charge in [0.05, 0.1) is 22.7 Å². The summed E-state index contributed by atoms with van der Waals surface area (Å²) in [6, 6.07) is 99.9. The molecule has 0 saturated carbocycles. The standard InChI is InChI=1S/C80H56N2S2/c1-49-19-17-31-61(57-37-41-77-69(45-57)67-29-13-15-33-75(67)83-77)79(49)81(73-47-55-21-5-7-23-59(55)63-25-9-11-27-65(63)73)71-39-35-53(43-51(71)3)54-36-40-72(52(4)44-54)82(74-48-56-22-6-8-24-60(56)64-26-10-12-28-66(64)74)80-50(2)20-18-32-62(80)58-38-42-78-70(46-58)68-30-14-16-34-76(68)84-78/h5-48H,1-4H3. The van der Waals surface area contributed by atoms with Crippen LogP contribution in [0.3, 0.4) is 0 Å². The molecule has 0 unspecified atom stereocenters. The molecule has 0 aliphatic heterocycles. The van der Waals surface area contributed by atoms with Gasteiger partial charge in [0, 0.05) is 73.6 Å².